The number of amides is 3. The first kappa shape index (κ1) is 18.6. The normalized spacial score (nSPS) is 17.2. The molecule has 10 heteroatoms. The van der Waals surface area contributed by atoms with Gasteiger partial charge in [-0.2, -0.15) is 18.4 Å². The average Bonchev–Trinajstić information content (AvgIpc) is 2.79. The van der Waals surface area contributed by atoms with E-state index in [0.29, 0.717) is 15.9 Å². The third-order valence-electron chi connectivity index (χ3n) is 3.99. The number of hydrogen-bond donors (Lipinski definition) is 0. The van der Waals surface area contributed by atoms with Gasteiger partial charge in [0.1, 0.15) is 13.3 Å². The molecule has 1 fully saturated rings. The maximum atomic E-state index is 13.4. The molecule has 0 atom stereocenters. The Balaban J connectivity index is 2.61. The van der Waals surface area contributed by atoms with Gasteiger partial charge >= 0.3 is 12.2 Å². The average molecular weight is 361 g/mol. The SMILES string of the molecule is CCN1C(=O)N(c2ccc(C#N)c(C(F)(F)F)c2)C(=O)C1(CF)CF. The van der Waals surface area contributed by atoms with Crippen LogP contribution in [0.25, 0.3) is 0 Å². The van der Waals surface area contributed by atoms with E-state index in [-0.39, 0.29) is 6.54 Å². The van der Waals surface area contributed by atoms with Crippen molar-refractivity contribution >= 4 is 17.6 Å². The van der Waals surface area contributed by atoms with Crippen molar-refractivity contribution in [2.75, 3.05) is 24.8 Å². The van der Waals surface area contributed by atoms with Gasteiger partial charge in [-0.05, 0) is 25.1 Å². The molecule has 0 N–H and O–H groups in total. The number of urea groups is 1. The summed E-state index contributed by atoms with van der Waals surface area (Å²) in [4.78, 5) is 25.7. The number of rotatable bonds is 4. The van der Waals surface area contributed by atoms with Crippen molar-refractivity contribution in [2.24, 2.45) is 0 Å². The van der Waals surface area contributed by atoms with E-state index < -0.39 is 53.8 Å². The molecule has 0 unspecified atom stereocenters. The summed E-state index contributed by atoms with van der Waals surface area (Å²) in [6.07, 6.45) is -4.91. The first-order chi connectivity index (χ1) is 11.7. The number of benzene rings is 1. The molecule has 0 aliphatic carbocycles. The highest BCUT2D eigenvalue weighted by Crippen LogP contribution is 2.38. The summed E-state index contributed by atoms with van der Waals surface area (Å²) in [5, 5.41) is 8.78. The molecule has 0 bridgehead atoms. The lowest BCUT2D eigenvalue weighted by Crippen LogP contribution is -2.53. The lowest BCUT2D eigenvalue weighted by atomic mass is 10.0. The largest absolute Gasteiger partial charge is 0.417 e. The van der Waals surface area contributed by atoms with E-state index in [2.05, 4.69) is 0 Å². The summed E-state index contributed by atoms with van der Waals surface area (Å²) in [5.74, 6) is -1.29. The minimum Gasteiger partial charge on any atom is -0.305 e. The van der Waals surface area contributed by atoms with Crippen LogP contribution < -0.4 is 4.90 Å². The quantitative estimate of drug-likeness (QED) is 0.612. The highest BCUT2D eigenvalue weighted by Gasteiger charge is 2.58. The molecule has 3 amide bonds. The molecular formula is C15H12F5N3O2. The summed E-state index contributed by atoms with van der Waals surface area (Å²) in [5.41, 5.74) is -4.96. The van der Waals surface area contributed by atoms with E-state index in [4.69, 9.17) is 5.26 Å². The second kappa shape index (κ2) is 6.31. The van der Waals surface area contributed by atoms with Gasteiger partial charge in [-0.25, -0.2) is 18.5 Å². The Labute approximate surface area is 139 Å². The van der Waals surface area contributed by atoms with Crippen molar-refractivity contribution < 1.29 is 31.5 Å². The van der Waals surface area contributed by atoms with Gasteiger partial charge in [-0.1, -0.05) is 0 Å². The van der Waals surface area contributed by atoms with E-state index in [0.717, 1.165) is 12.1 Å². The van der Waals surface area contributed by atoms with Crippen molar-refractivity contribution in [2.45, 2.75) is 18.6 Å². The zero-order valence-corrected chi connectivity index (χ0v) is 12.9. The molecule has 0 saturated carbocycles. The molecule has 25 heavy (non-hydrogen) atoms. The first-order valence-corrected chi connectivity index (χ1v) is 7.07. The van der Waals surface area contributed by atoms with E-state index in [1.165, 1.54) is 13.0 Å². The molecule has 0 radical (unpaired) electrons. The van der Waals surface area contributed by atoms with Crippen molar-refractivity contribution in [1.82, 2.24) is 4.90 Å². The number of likely N-dealkylation sites (N-methyl/N-ethyl adjacent to an activating group) is 1. The number of alkyl halides is 5. The molecule has 1 aliphatic rings. The summed E-state index contributed by atoms with van der Waals surface area (Å²) in [6, 6.07) is 2.42. The molecule has 1 saturated heterocycles. The fraction of sp³-hybridized carbons (Fsp3) is 0.400. The van der Waals surface area contributed by atoms with Gasteiger partial charge in [0.25, 0.3) is 5.91 Å². The fourth-order valence-corrected chi connectivity index (χ4v) is 2.68. The van der Waals surface area contributed by atoms with Crippen LogP contribution >= 0.6 is 0 Å². The molecule has 1 heterocycles. The second-order valence-corrected chi connectivity index (χ2v) is 5.31. The van der Waals surface area contributed by atoms with E-state index in [1.54, 1.807) is 0 Å². The summed E-state index contributed by atoms with van der Waals surface area (Å²) >= 11 is 0. The minimum absolute atomic E-state index is 0.211. The molecular weight excluding hydrogens is 349 g/mol. The van der Waals surface area contributed by atoms with Crippen LogP contribution in [0.4, 0.5) is 32.4 Å². The Kier molecular flexibility index (Phi) is 4.70. The van der Waals surface area contributed by atoms with Crippen LogP contribution in [-0.4, -0.2) is 42.3 Å². The number of nitriles is 1. The number of carbonyl (C=O) groups is 2. The molecule has 1 aromatic carbocycles. The maximum Gasteiger partial charge on any atom is 0.417 e. The monoisotopic (exact) mass is 361 g/mol. The fourth-order valence-electron chi connectivity index (χ4n) is 2.68. The minimum atomic E-state index is -4.91. The Morgan fingerprint density at radius 2 is 1.80 bits per heavy atom. The highest BCUT2D eigenvalue weighted by molar-refractivity contribution is 6.23. The number of halogens is 5. The van der Waals surface area contributed by atoms with Crippen molar-refractivity contribution in [3.05, 3.63) is 29.3 Å². The number of nitrogens with zero attached hydrogens (tertiary/aromatic N) is 3. The summed E-state index contributed by atoms with van der Waals surface area (Å²) < 4.78 is 65.9. The van der Waals surface area contributed by atoms with E-state index in [9.17, 15) is 31.5 Å². The summed E-state index contributed by atoms with van der Waals surface area (Å²) in [7, 11) is 0. The van der Waals surface area contributed by atoms with Crippen LogP contribution in [0.5, 0.6) is 0 Å². The molecule has 0 spiro atoms. The van der Waals surface area contributed by atoms with Crippen LogP contribution in [0, 0.1) is 11.3 Å². The van der Waals surface area contributed by atoms with Crippen molar-refractivity contribution in [1.29, 1.82) is 5.26 Å². The van der Waals surface area contributed by atoms with Gasteiger partial charge in [0.05, 0.1) is 22.9 Å². The predicted molar refractivity (Wildman–Crippen MR) is 76.1 cm³/mol. The van der Waals surface area contributed by atoms with Crippen LogP contribution in [-0.2, 0) is 11.0 Å². The Morgan fingerprint density at radius 1 is 1.20 bits per heavy atom. The second-order valence-electron chi connectivity index (χ2n) is 5.31. The number of anilines is 1. The zero-order chi connectivity index (χ0) is 19.0. The van der Waals surface area contributed by atoms with Gasteiger partial charge in [-0.15, -0.1) is 0 Å². The zero-order valence-electron chi connectivity index (χ0n) is 12.9. The van der Waals surface area contributed by atoms with Crippen molar-refractivity contribution in [3.63, 3.8) is 0 Å². The van der Waals surface area contributed by atoms with Gasteiger partial charge in [0.2, 0.25) is 0 Å². The lowest BCUT2D eigenvalue weighted by molar-refractivity contribution is -0.137. The molecule has 1 aromatic rings. The van der Waals surface area contributed by atoms with Crippen LogP contribution in [0.3, 0.4) is 0 Å². The van der Waals surface area contributed by atoms with E-state index >= 15 is 0 Å². The third kappa shape index (κ3) is 2.69. The smallest absolute Gasteiger partial charge is 0.305 e. The Bertz CT molecular complexity index is 753. The molecule has 1 aliphatic heterocycles. The number of imide groups is 1. The van der Waals surface area contributed by atoms with Gasteiger partial charge in [-0.3, -0.25) is 4.79 Å². The van der Waals surface area contributed by atoms with Crippen LogP contribution in [0.1, 0.15) is 18.1 Å². The maximum absolute atomic E-state index is 13.4. The van der Waals surface area contributed by atoms with Gasteiger partial charge in [0, 0.05) is 6.54 Å². The Morgan fingerprint density at radius 3 is 2.20 bits per heavy atom. The first-order valence-electron chi connectivity index (χ1n) is 7.07. The van der Waals surface area contributed by atoms with Gasteiger partial charge < -0.3 is 4.90 Å². The van der Waals surface area contributed by atoms with Crippen molar-refractivity contribution in [3.8, 4) is 6.07 Å². The number of carbonyl (C=O) groups excluding carboxylic acids is 2. The topological polar surface area (TPSA) is 64.4 Å². The predicted octanol–water partition coefficient (Wildman–Crippen LogP) is 3.04. The van der Waals surface area contributed by atoms with Crippen LogP contribution in [0.15, 0.2) is 18.2 Å². The van der Waals surface area contributed by atoms with E-state index in [1.807, 2.05) is 0 Å². The number of hydrogen-bond acceptors (Lipinski definition) is 3. The molecule has 2 rings (SSSR count). The standard InChI is InChI=1S/C15H12F5N3O2/c1-2-22-13(25)23(12(24)14(22,7-16)8-17)10-4-3-9(6-21)11(5-10)15(18,19)20/h3-5H,2,7-8H2,1H3. The summed E-state index contributed by atoms with van der Waals surface area (Å²) in [6.45, 7) is -1.85. The molecule has 5 nitrogen and oxygen atoms in total. The molecule has 0 aromatic heterocycles. The highest BCUT2D eigenvalue weighted by atomic mass is 19.4. The van der Waals surface area contributed by atoms with Crippen LogP contribution in [0.2, 0.25) is 0 Å². The Hall–Kier alpha value is -2.70. The molecule has 134 valence electrons. The van der Waals surface area contributed by atoms with Gasteiger partial charge in [0.15, 0.2) is 5.54 Å². The third-order valence-corrected chi connectivity index (χ3v) is 3.99. The lowest BCUT2D eigenvalue weighted by Gasteiger charge is -2.28.